The van der Waals surface area contributed by atoms with E-state index in [2.05, 4.69) is 20.6 Å². The van der Waals surface area contributed by atoms with E-state index in [4.69, 9.17) is 11.1 Å². The van der Waals surface area contributed by atoms with E-state index in [0.717, 1.165) is 6.29 Å². The number of aldehydes is 1. The van der Waals surface area contributed by atoms with E-state index < -0.39 is 0 Å². The third kappa shape index (κ3) is 5.32. The zero-order chi connectivity index (χ0) is 24.8. The molecule has 2 heterocycles. The van der Waals surface area contributed by atoms with Gasteiger partial charge in [-0.15, -0.1) is 0 Å². The largest absolute Gasteiger partial charge is 0.383 e. The highest BCUT2D eigenvalue weighted by Gasteiger charge is 2.23. The number of hydrogen-bond acceptors (Lipinski definition) is 8. The molecular formula is C25H25N7O3. The minimum Gasteiger partial charge on any atom is -0.383 e. The van der Waals surface area contributed by atoms with Crippen molar-refractivity contribution in [2.45, 2.75) is 12.8 Å². The predicted octanol–water partition coefficient (Wildman–Crippen LogP) is 2.84. The van der Waals surface area contributed by atoms with Crippen LogP contribution in [0.2, 0.25) is 0 Å². The Hall–Kier alpha value is -4.60. The second-order valence-electron chi connectivity index (χ2n) is 8.17. The molecule has 2 aromatic carbocycles. The van der Waals surface area contributed by atoms with Crippen LogP contribution in [0, 0.1) is 11.3 Å². The highest BCUT2D eigenvalue weighted by Crippen LogP contribution is 2.26. The fraction of sp³-hybridized carbons (Fsp3) is 0.200. The molecule has 5 N–H and O–H groups in total. The minimum atomic E-state index is -0.0927. The number of aromatic nitrogens is 2. The third-order valence-corrected chi connectivity index (χ3v) is 5.94. The summed E-state index contributed by atoms with van der Waals surface area (Å²) in [7, 11) is 0. The standard InChI is InChI=1S/C25H25N7O3/c26-22(17-1-3-18(4-2-17)25(35)32-11-9-16(13-33)10-12-32)21-23(27)28-14-29-24(21)31-20-7-5-19(6-8-20)30-15-34/h1-8,13-16,26H,9-12H2,(H,30,34)(H3,27,28,29,31). The Morgan fingerprint density at radius 3 is 2.23 bits per heavy atom. The molecule has 1 aliphatic rings. The van der Waals surface area contributed by atoms with Crippen molar-refractivity contribution in [1.29, 1.82) is 5.41 Å². The first-order valence-electron chi connectivity index (χ1n) is 11.1. The summed E-state index contributed by atoms with van der Waals surface area (Å²) in [6.45, 7) is 1.11. The van der Waals surface area contributed by atoms with Gasteiger partial charge in [0, 0.05) is 41.5 Å². The zero-order valence-corrected chi connectivity index (χ0v) is 18.9. The first-order valence-corrected chi connectivity index (χ1v) is 11.1. The lowest BCUT2D eigenvalue weighted by molar-refractivity contribution is -0.112. The zero-order valence-electron chi connectivity index (χ0n) is 18.9. The van der Waals surface area contributed by atoms with Gasteiger partial charge in [0.15, 0.2) is 0 Å². The molecule has 1 fully saturated rings. The van der Waals surface area contributed by atoms with E-state index >= 15 is 0 Å². The average molecular weight is 472 g/mol. The van der Waals surface area contributed by atoms with Crippen LogP contribution < -0.4 is 16.4 Å². The topological polar surface area (TPSA) is 154 Å². The summed E-state index contributed by atoms with van der Waals surface area (Å²) in [5, 5.41) is 14.5. The lowest BCUT2D eigenvalue weighted by Crippen LogP contribution is -2.38. The molecule has 0 aliphatic carbocycles. The number of nitrogens with one attached hydrogen (secondary N) is 3. The summed E-state index contributed by atoms with van der Waals surface area (Å²) in [6.07, 6.45) is 4.23. The maximum absolute atomic E-state index is 12.8. The summed E-state index contributed by atoms with van der Waals surface area (Å²) in [4.78, 5) is 44.4. The molecule has 2 amide bonds. The molecule has 0 unspecified atom stereocenters. The number of nitrogen functional groups attached to an aromatic ring is 1. The van der Waals surface area contributed by atoms with Gasteiger partial charge in [0.1, 0.15) is 24.2 Å². The van der Waals surface area contributed by atoms with Gasteiger partial charge in [0.25, 0.3) is 5.91 Å². The van der Waals surface area contributed by atoms with Crippen LogP contribution in [0.3, 0.4) is 0 Å². The average Bonchev–Trinajstić information content (AvgIpc) is 2.89. The SMILES string of the molecule is N=C(c1ccc(C(=O)N2CCC(C=O)CC2)cc1)c1c(N)ncnc1Nc1ccc(NC=O)cc1. The molecule has 10 heteroatoms. The van der Waals surface area contributed by atoms with Gasteiger partial charge in [-0.05, 0) is 49.2 Å². The lowest BCUT2D eigenvalue weighted by Gasteiger charge is -2.29. The van der Waals surface area contributed by atoms with Gasteiger partial charge < -0.3 is 26.1 Å². The van der Waals surface area contributed by atoms with Crippen LogP contribution >= 0.6 is 0 Å². The maximum Gasteiger partial charge on any atom is 0.253 e. The van der Waals surface area contributed by atoms with E-state index in [9.17, 15) is 14.4 Å². The monoisotopic (exact) mass is 471 g/mol. The number of hydrogen-bond donors (Lipinski definition) is 4. The third-order valence-electron chi connectivity index (χ3n) is 5.94. The van der Waals surface area contributed by atoms with E-state index in [0.29, 0.717) is 66.2 Å². The molecule has 1 aliphatic heterocycles. The van der Waals surface area contributed by atoms with Gasteiger partial charge >= 0.3 is 0 Å². The Kier molecular flexibility index (Phi) is 7.10. The van der Waals surface area contributed by atoms with Crippen LogP contribution in [0.4, 0.5) is 23.0 Å². The molecule has 1 saturated heterocycles. The molecule has 0 radical (unpaired) electrons. The summed E-state index contributed by atoms with van der Waals surface area (Å²) in [5.41, 5.74) is 8.95. The Bertz CT molecular complexity index is 1230. The van der Waals surface area contributed by atoms with E-state index in [-0.39, 0.29) is 23.4 Å². The molecular weight excluding hydrogens is 446 g/mol. The normalized spacial score (nSPS) is 13.7. The molecule has 0 atom stereocenters. The van der Waals surface area contributed by atoms with Crippen molar-refractivity contribution in [3.63, 3.8) is 0 Å². The first kappa shape index (κ1) is 23.6. The highest BCUT2D eigenvalue weighted by atomic mass is 16.2. The van der Waals surface area contributed by atoms with Crippen LogP contribution in [0.5, 0.6) is 0 Å². The predicted molar refractivity (Wildman–Crippen MR) is 133 cm³/mol. The molecule has 3 aromatic rings. The Labute approximate surface area is 202 Å². The molecule has 4 rings (SSSR count). The number of amides is 2. The Morgan fingerprint density at radius 2 is 1.60 bits per heavy atom. The number of carbonyl (C=O) groups excluding carboxylic acids is 3. The molecule has 10 nitrogen and oxygen atoms in total. The molecule has 0 bridgehead atoms. The number of carbonyl (C=O) groups is 3. The molecule has 0 spiro atoms. The molecule has 1 aromatic heterocycles. The van der Waals surface area contributed by atoms with Crippen LogP contribution in [0.1, 0.15) is 34.3 Å². The smallest absolute Gasteiger partial charge is 0.253 e. The number of nitrogens with two attached hydrogens (primary N) is 1. The van der Waals surface area contributed by atoms with Crippen molar-refractivity contribution < 1.29 is 14.4 Å². The minimum absolute atomic E-state index is 0.0224. The Morgan fingerprint density at radius 1 is 0.971 bits per heavy atom. The molecule has 0 saturated carbocycles. The van der Waals surface area contributed by atoms with Gasteiger partial charge in [-0.2, -0.15) is 0 Å². The van der Waals surface area contributed by atoms with Crippen molar-refractivity contribution >= 4 is 47.3 Å². The van der Waals surface area contributed by atoms with Crippen molar-refractivity contribution in [3.05, 3.63) is 71.5 Å². The van der Waals surface area contributed by atoms with E-state index in [1.54, 1.807) is 53.4 Å². The van der Waals surface area contributed by atoms with Gasteiger partial charge in [0.2, 0.25) is 6.41 Å². The number of benzene rings is 2. The number of nitrogens with zero attached hydrogens (tertiary/aromatic N) is 3. The fourth-order valence-electron chi connectivity index (χ4n) is 3.94. The van der Waals surface area contributed by atoms with Crippen LogP contribution in [0.15, 0.2) is 54.9 Å². The first-order chi connectivity index (χ1) is 17.0. The van der Waals surface area contributed by atoms with Crippen molar-refractivity contribution in [2.75, 3.05) is 29.5 Å². The second kappa shape index (κ2) is 10.6. The van der Waals surface area contributed by atoms with Crippen molar-refractivity contribution in [1.82, 2.24) is 14.9 Å². The van der Waals surface area contributed by atoms with E-state index in [1.807, 2.05) is 0 Å². The number of rotatable bonds is 8. The molecule has 178 valence electrons. The van der Waals surface area contributed by atoms with Crippen molar-refractivity contribution in [2.24, 2.45) is 5.92 Å². The Balaban J connectivity index is 1.51. The summed E-state index contributed by atoms with van der Waals surface area (Å²) in [6, 6.07) is 13.7. The summed E-state index contributed by atoms with van der Waals surface area (Å²) in [5.74, 6) is 0.431. The summed E-state index contributed by atoms with van der Waals surface area (Å²) >= 11 is 0. The van der Waals surface area contributed by atoms with Crippen molar-refractivity contribution in [3.8, 4) is 0 Å². The fourth-order valence-corrected chi connectivity index (χ4v) is 3.94. The van der Waals surface area contributed by atoms with E-state index in [1.165, 1.54) is 6.33 Å². The van der Waals surface area contributed by atoms with Crippen LogP contribution in [-0.4, -0.2) is 52.3 Å². The van der Waals surface area contributed by atoms with Gasteiger partial charge in [-0.1, -0.05) is 12.1 Å². The summed E-state index contributed by atoms with van der Waals surface area (Å²) < 4.78 is 0. The highest BCUT2D eigenvalue weighted by molar-refractivity contribution is 6.16. The maximum atomic E-state index is 12.8. The quantitative estimate of drug-likeness (QED) is 0.291. The number of piperidine rings is 1. The second-order valence-corrected chi connectivity index (χ2v) is 8.17. The number of likely N-dealkylation sites (tertiary alicyclic amines) is 1. The number of anilines is 4. The van der Waals surface area contributed by atoms with Gasteiger partial charge in [-0.25, -0.2) is 9.97 Å². The van der Waals surface area contributed by atoms with Gasteiger partial charge in [-0.3, -0.25) is 15.0 Å². The molecule has 35 heavy (non-hydrogen) atoms. The van der Waals surface area contributed by atoms with Gasteiger partial charge in [0.05, 0.1) is 11.3 Å². The van der Waals surface area contributed by atoms with Crippen LogP contribution in [-0.2, 0) is 9.59 Å². The van der Waals surface area contributed by atoms with Crippen LogP contribution in [0.25, 0.3) is 0 Å². The lowest BCUT2D eigenvalue weighted by atomic mass is 9.97.